The Morgan fingerprint density at radius 1 is 1.06 bits per heavy atom. The van der Waals surface area contributed by atoms with Crippen LogP contribution in [-0.2, 0) is 6.54 Å². The Morgan fingerprint density at radius 2 is 1.67 bits per heavy atom. The van der Waals surface area contributed by atoms with E-state index in [9.17, 15) is 0 Å². The number of rotatable bonds is 4. The van der Waals surface area contributed by atoms with Gasteiger partial charge in [0, 0.05) is 18.3 Å². The van der Waals surface area contributed by atoms with Gasteiger partial charge in [0.2, 0.25) is 0 Å². The van der Waals surface area contributed by atoms with E-state index >= 15 is 0 Å². The number of piperidine rings is 1. The van der Waals surface area contributed by atoms with Crippen molar-refractivity contribution in [3.63, 3.8) is 0 Å². The molecule has 0 atom stereocenters. The second-order valence-corrected chi connectivity index (χ2v) is 4.74. The topological polar surface area (TPSA) is 47.7 Å². The fraction of sp³-hybridized carbons (Fsp3) is 0.571. The molecule has 1 aromatic rings. The van der Waals surface area contributed by atoms with E-state index in [2.05, 4.69) is 4.90 Å². The molecule has 1 aliphatic rings. The Bertz CT molecular complexity index is 401. The van der Waals surface area contributed by atoms with Gasteiger partial charge >= 0.3 is 0 Å². The van der Waals surface area contributed by atoms with Crippen LogP contribution in [-0.4, -0.2) is 32.2 Å². The molecule has 0 unspecified atom stereocenters. The third-order valence-electron chi connectivity index (χ3n) is 3.49. The van der Waals surface area contributed by atoms with Crippen LogP contribution in [0.3, 0.4) is 0 Å². The highest BCUT2D eigenvalue weighted by atomic mass is 16.5. The van der Waals surface area contributed by atoms with Crippen molar-refractivity contribution in [1.29, 1.82) is 0 Å². The molecule has 1 aromatic carbocycles. The summed E-state index contributed by atoms with van der Waals surface area (Å²) in [6.45, 7) is 3.22. The number of nitrogens with two attached hydrogens (primary N) is 1. The quantitative estimate of drug-likeness (QED) is 0.833. The predicted octanol–water partition coefficient (Wildman–Crippen LogP) is 2.27. The van der Waals surface area contributed by atoms with Crippen LogP contribution in [0, 0.1) is 0 Å². The fourth-order valence-corrected chi connectivity index (χ4v) is 2.43. The van der Waals surface area contributed by atoms with Gasteiger partial charge in [0.25, 0.3) is 0 Å². The number of hydrogen-bond acceptors (Lipinski definition) is 4. The molecule has 2 rings (SSSR count). The molecule has 0 aromatic heterocycles. The first kappa shape index (κ1) is 13.0. The van der Waals surface area contributed by atoms with E-state index in [-0.39, 0.29) is 0 Å². The number of ether oxygens (including phenoxy) is 2. The smallest absolute Gasteiger partial charge is 0.162 e. The van der Waals surface area contributed by atoms with Gasteiger partial charge in [0.1, 0.15) is 0 Å². The Labute approximate surface area is 109 Å². The molecule has 18 heavy (non-hydrogen) atoms. The van der Waals surface area contributed by atoms with E-state index in [0.29, 0.717) is 5.75 Å². The zero-order chi connectivity index (χ0) is 13.0. The molecule has 0 aliphatic carbocycles. The van der Waals surface area contributed by atoms with E-state index in [1.54, 1.807) is 14.2 Å². The zero-order valence-electron chi connectivity index (χ0n) is 11.2. The summed E-state index contributed by atoms with van der Waals surface area (Å²) < 4.78 is 10.6. The lowest BCUT2D eigenvalue weighted by Gasteiger charge is -2.27. The lowest BCUT2D eigenvalue weighted by atomic mass is 10.1. The monoisotopic (exact) mass is 250 g/mol. The third kappa shape index (κ3) is 2.88. The molecule has 2 N–H and O–H groups in total. The highest BCUT2D eigenvalue weighted by molar-refractivity contribution is 5.57. The Balaban J connectivity index is 2.16. The highest BCUT2D eigenvalue weighted by Gasteiger charge is 2.14. The number of anilines is 1. The molecule has 0 radical (unpaired) electrons. The summed E-state index contributed by atoms with van der Waals surface area (Å²) in [5.41, 5.74) is 7.97. The van der Waals surface area contributed by atoms with Gasteiger partial charge < -0.3 is 15.2 Å². The Kier molecular flexibility index (Phi) is 4.31. The number of hydrogen-bond donors (Lipinski definition) is 1. The van der Waals surface area contributed by atoms with Crippen LogP contribution in [0.15, 0.2) is 12.1 Å². The molecule has 4 nitrogen and oxygen atoms in total. The number of nitrogen functional groups attached to an aromatic ring is 1. The van der Waals surface area contributed by atoms with Crippen LogP contribution in [0.2, 0.25) is 0 Å². The van der Waals surface area contributed by atoms with E-state index in [0.717, 1.165) is 36.6 Å². The van der Waals surface area contributed by atoms with Crippen LogP contribution in [0.1, 0.15) is 24.8 Å². The number of methoxy groups -OCH3 is 2. The normalized spacial score (nSPS) is 16.6. The summed E-state index contributed by atoms with van der Waals surface area (Å²) in [6.07, 6.45) is 3.91. The summed E-state index contributed by atoms with van der Waals surface area (Å²) >= 11 is 0. The van der Waals surface area contributed by atoms with Crippen molar-refractivity contribution in [2.45, 2.75) is 25.8 Å². The van der Waals surface area contributed by atoms with Crippen molar-refractivity contribution in [2.75, 3.05) is 33.0 Å². The second kappa shape index (κ2) is 5.96. The van der Waals surface area contributed by atoms with Crippen LogP contribution < -0.4 is 15.2 Å². The summed E-state index contributed by atoms with van der Waals surface area (Å²) in [4.78, 5) is 2.45. The van der Waals surface area contributed by atoms with Crippen LogP contribution >= 0.6 is 0 Å². The minimum absolute atomic E-state index is 0.692. The zero-order valence-corrected chi connectivity index (χ0v) is 11.2. The minimum Gasteiger partial charge on any atom is -0.493 e. The van der Waals surface area contributed by atoms with Crippen LogP contribution in [0.4, 0.5) is 5.69 Å². The lowest BCUT2D eigenvalue weighted by molar-refractivity contribution is 0.221. The Morgan fingerprint density at radius 3 is 2.28 bits per heavy atom. The molecule has 1 heterocycles. The standard InChI is InChI=1S/C14H22N2O2/c1-17-13-8-11(12(15)9-14(13)18-2)10-16-6-4-3-5-7-16/h8-9H,3-7,10,15H2,1-2H3. The van der Waals surface area contributed by atoms with Crippen molar-refractivity contribution in [3.05, 3.63) is 17.7 Å². The van der Waals surface area contributed by atoms with Crippen LogP contribution in [0.25, 0.3) is 0 Å². The maximum Gasteiger partial charge on any atom is 0.162 e. The van der Waals surface area contributed by atoms with E-state index in [1.165, 1.54) is 19.3 Å². The summed E-state index contributed by atoms with van der Waals surface area (Å²) in [5, 5.41) is 0. The first-order valence-electron chi connectivity index (χ1n) is 6.47. The van der Waals surface area contributed by atoms with Gasteiger partial charge in [-0.25, -0.2) is 0 Å². The van der Waals surface area contributed by atoms with E-state index < -0.39 is 0 Å². The summed E-state index contributed by atoms with van der Waals surface area (Å²) in [6, 6.07) is 3.83. The van der Waals surface area contributed by atoms with E-state index in [4.69, 9.17) is 15.2 Å². The van der Waals surface area contributed by atoms with Crippen molar-refractivity contribution in [1.82, 2.24) is 4.90 Å². The van der Waals surface area contributed by atoms with Gasteiger partial charge in [-0.1, -0.05) is 6.42 Å². The average Bonchev–Trinajstić information content (AvgIpc) is 2.41. The van der Waals surface area contributed by atoms with Gasteiger partial charge in [0.05, 0.1) is 14.2 Å². The predicted molar refractivity (Wildman–Crippen MR) is 73.1 cm³/mol. The second-order valence-electron chi connectivity index (χ2n) is 4.74. The molecule has 1 aliphatic heterocycles. The minimum atomic E-state index is 0.692. The highest BCUT2D eigenvalue weighted by Crippen LogP contribution is 2.32. The fourth-order valence-electron chi connectivity index (χ4n) is 2.43. The lowest BCUT2D eigenvalue weighted by Crippen LogP contribution is -2.29. The largest absolute Gasteiger partial charge is 0.493 e. The van der Waals surface area contributed by atoms with Gasteiger partial charge in [-0.15, -0.1) is 0 Å². The molecule has 4 heteroatoms. The van der Waals surface area contributed by atoms with Crippen molar-refractivity contribution in [3.8, 4) is 11.5 Å². The third-order valence-corrected chi connectivity index (χ3v) is 3.49. The SMILES string of the molecule is COc1cc(N)c(CN2CCCCC2)cc1OC. The molecule has 100 valence electrons. The Hall–Kier alpha value is -1.42. The molecule has 0 bridgehead atoms. The van der Waals surface area contributed by atoms with E-state index in [1.807, 2.05) is 12.1 Å². The number of benzene rings is 1. The maximum atomic E-state index is 6.08. The average molecular weight is 250 g/mol. The van der Waals surface area contributed by atoms with Crippen molar-refractivity contribution in [2.24, 2.45) is 0 Å². The molecule has 1 saturated heterocycles. The molecular weight excluding hydrogens is 228 g/mol. The van der Waals surface area contributed by atoms with Gasteiger partial charge in [-0.2, -0.15) is 0 Å². The molecule has 1 fully saturated rings. The molecule has 0 saturated carbocycles. The van der Waals surface area contributed by atoms with Crippen molar-refractivity contribution >= 4 is 5.69 Å². The van der Waals surface area contributed by atoms with Gasteiger partial charge in [0.15, 0.2) is 11.5 Å². The summed E-state index contributed by atoms with van der Waals surface area (Å²) in [5.74, 6) is 1.44. The van der Waals surface area contributed by atoms with Gasteiger partial charge in [-0.3, -0.25) is 4.90 Å². The van der Waals surface area contributed by atoms with Crippen LogP contribution in [0.5, 0.6) is 11.5 Å². The first-order chi connectivity index (χ1) is 8.74. The molecular formula is C14H22N2O2. The van der Waals surface area contributed by atoms with Gasteiger partial charge in [-0.05, 0) is 37.6 Å². The number of nitrogens with zero attached hydrogens (tertiary/aromatic N) is 1. The maximum absolute atomic E-state index is 6.08. The van der Waals surface area contributed by atoms with Crippen molar-refractivity contribution < 1.29 is 9.47 Å². The first-order valence-corrected chi connectivity index (χ1v) is 6.47. The molecule has 0 amide bonds. The molecule has 0 spiro atoms. The number of likely N-dealkylation sites (tertiary alicyclic amines) is 1. The summed E-state index contributed by atoms with van der Waals surface area (Å²) in [7, 11) is 3.28.